The molecule has 0 spiro atoms. The molecule has 0 atom stereocenters. The normalized spacial score (nSPS) is 16.0. The minimum absolute atomic E-state index is 0. The summed E-state index contributed by atoms with van der Waals surface area (Å²) in [4.78, 5) is 9.48. The number of aliphatic imine (C=N–C) groups is 1. The van der Waals surface area contributed by atoms with E-state index in [-0.39, 0.29) is 7.43 Å². The molecule has 0 aromatic rings. The van der Waals surface area contributed by atoms with E-state index in [4.69, 9.17) is 0 Å². The maximum Gasteiger partial charge on any atom is 0.0344 e. The van der Waals surface area contributed by atoms with Crippen LogP contribution in [-0.2, 0) is 0 Å². The maximum atomic E-state index is 4.46. The second-order valence-corrected chi connectivity index (χ2v) is 5.79. The first-order chi connectivity index (χ1) is 9.97. The Kier molecular flexibility index (Phi) is 14.1. The fourth-order valence-corrected chi connectivity index (χ4v) is 2.13. The predicted molar refractivity (Wildman–Crippen MR) is 103 cm³/mol. The van der Waals surface area contributed by atoms with Crippen LogP contribution in [0.3, 0.4) is 0 Å². The first-order valence-electron chi connectivity index (χ1n) is 7.74. The van der Waals surface area contributed by atoms with Crippen molar-refractivity contribution in [2.75, 3.05) is 39.3 Å². The summed E-state index contributed by atoms with van der Waals surface area (Å²) in [5.74, 6) is 0. The van der Waals surface area contributed by atoms with Crippen molar-refractivity contribution in [3.8, 4) is 0 Å². The molecule has 0 N–H and O–H groups in total. The van der Waals surface area contributed by atoms with Crippen LogP contribution >= 0.6 is 0 Å². The molecule has 1 fully saturated rings. The van der Waals surface area contributed by atoms with Gasteiger partial charge in [0.1, 0.15) is 0 Å². The molecule has 1 rings (SSSR count). The standard InChI is InChI=1S/C16H29N3.C2H4.CH4/c1-14(2)6-8-18-10-12-19(13-11-18)9-7-16(5)17-15(3)4;1-2;/h6-7H,8-13H2,1-5H3;1-2H2;1H4/b16-7-;;. The summed E-state index contributed by atoms with van der Waals surface area (Å²) < 4.78 is 0. The van der Waals surface area contributed by atoms with Crippen molar-refractivity contribution in [1.82, 2.24) is 9.80 Å². The fraction of sp³-hybridized carbons (Fsp3) is 0.632. The number of piperazine rings is 1. The third-order valence-corrected chi connectivity index (χ3v) is 3.27. The Labute approximate surface area is 139 Å². The molecule has 3 heteroatoms. The maximum absolute atomic E-state index is 4.46. The second kappa shape index (κ2) is 13.5. The van der Waals surface area contributed by atoms with E-state index in [1.807, 2.05) is 13.8 Å². The predicted octanol–water partition coefficient (Wildman–Crippen LogP) is 4.39. The van der Waals surface area contributed by atoms with E-state index >= 15 is 0 Å². The molecule has 0 amide bonds. The molecule has 0 aromatic carbocycles. The van der Waals surface area contributed by atoms with Gasteiger partial charge in [0.2, 0.25) is 0 Å². The smallest absolute Gasteiger partial charge is 0.0344 e. The summed E-state index contributed by atoms with van der Waals surface area (Å²) in [6, 6.07) is 0. The lowest BCUT2D eigenvalue weighted by atomic mass is 10.2. The van der Waals surface area contributed by atoms with Crippen molar-refractivity contribution in [2.45, 2.75) is 42.0 Å². The van der Waals surface area contributed by atoms with Gasteiger partial charge in [-0.15, -0.1) is 13.2 Å². The van der Waals surface area contributed by atoms with Gasteiger partial charge in [0.05, 0.1) is 0 Å². The van der Waals surface area contributed by atoms with Crippen LogP contribution in [0.15, 0.2) is 41.6 Å². The van der Waals surface area contributed by atoms with Crippen molar-refractivity contribution in [2.24, 2.45) is 4.99 Å². The number of hydrogen-bond acceptors (Lipinski definition) is 3. The molecule has 1 saturated heterocycles. The summed E-state index contributed by atoms with van der Waals surface area (Å²) >= 11 is 0. The average Bonchev–Trinajstić information content (AvgIpc) is 2.45. The van der Waals surface area contributed by atoms with Gasteiger partial charge in [-0.25, -0.2) is 0 Å². The largest absolute Gasteiger partial charge is 0.297 e. The van der Waals surface area contributed by atoms with E-state index in [2.05, 4.69) is 60.9 Å². The molecule has 0 bridgehead atoms. The highest BCUT2D eigenvalue weighted by atomic mass is 15.3. The van der Waals surface area contributed by atoms with Crippen molar-refractivity contribution < 1.29 is 0 Å². The highest BCUT2D eigenvalue weighted by molar-refractivity contribution is 5.80. The number of allylic oxidation sites excluding steroid dienone is 2. The summed E-state index contributed by atoms with van der Waals surface area (Å²) in [6.45, 7) is 23.3. The van der Waals surface area contributed by atoms with E-state index in [1.165, 1.54) is 18.7 Å². The lowest BCUT2D eigenvalue weighted by molar-refractivity contribution is 0.153. The lowest BCUT2D eigenvalue weighted by Gasteiger charge is -2.33. The van der Waals surface area contributed by atoms with Crippen LogP contribution < -0.4 is 0 Å². The average molecular weight is 308 g/mol. The van der Waals surface area contributed by atoms with Crippen LogP contribution in [0.4, 0.5) is 0 Å². The summed E-state index contributed by atoms with van der Waals surface area (Å²) in [5, 5.41) is 0. The molecular weight excluding hydrogens is 270 g/mol. The monoisotopic (exact) mass is 307 g/mol. The number of rotatable bonds is 5. The molecule has 0 aromatic heterocycles. The quantitative estimate of drug-likeness (QED) is 0.554. The van der Waals surface area contributed by atoms with Gasteiger partial charge in [0.25, 0.3) is 0 Å². The molecule has 22 heavy (non-hydrogen) atoms. The van der Waals surface area contributed by atoms with Crippen molar-refractivity contribution in [1.29, 1.82) is 0 Å². The molecule has 0 unspecified atom stereocenters. The highest BCUT2D eigenvalue weighted by Crippen LogP contribution is 2.04. The van der Waals surface area contributed by atoms with Crippen LogP contribution in [0, 0.1) is 0 Å². The van der Waals surface area contributed by atoms with Gasteiger partial charge < -0.3 is 0 Å². The minimum atomic E-state index is 0. The number of nitrogens with zero attached hydrogens (tertiary/aromatic N) is 3. The Morgan fingerprint density at radius 1 is 0.864 bits per heavy atom. The van der Waals surface area contributed by atoms with Crippen molar-refractivity contribution in [3.63, 3.8) is 0 Å². The molecule has 1 heterocycles. The zero-order valence-corrected chi connectivity index (χ0v) is 14.7. The zero-order valence-electron chi connectivity index (χ0n) is 14.7. The molecule has 0 aliphatic carbocycles. The van der Waals surface area contributed by atoms with Crippen LogP contribution in [-0.4, -0.2) is 54.8 Å². The Morgan fingerprint density at radius 3 is 1.64 bits per heavy atom. The second-order valence-electron chi connectivity index (χ2n) is 5.79. The van der Waals surface area contributed by atoms with Gasteiger partial charge >= 0.3 is 0 Å². The van der Waals surface area contributed by atoms with Crippen LogP contribution in [0.5, 0.6) is 0 Å². The van der Waals surface area contributed by atoms with E-state index in [0.29, 0.717) is 0 Å². The molecular formula is C19H37N3. The molecule has 1 aliphatic heterocycles. The highest BCUT2D eigenvalue weighted by Gasteiger charge is 2.14. The third kappa shape index (κ3) is 11.5. The van der Waals surface area contributed by atoms with Crippen LogP contribution in [0.2, 0.25) is 0 Å². The topological polar surface area (TPSA) is 18.8 Å². The van der Waals surface area contributed by atoms with E-state index in [0.717, 1.165) is 37.6 Å². The first-order valence-corrected chi connectivity index (χ1v) is 7.74. The van der Waals surface area contributed by atoms with Gasteiger partial charge in [0, 0.05) is 50.7 Å². The third-order valence-electron chi connectivity index (χ3n) is 3.27. The first kappa shape index (κ1) is 23.1. The van der Waals surface area contributed by atoms with Gasteiger partial charge in [-0.2, -0.15) is 0 Å². The summed E-state index contributed by atoms with van der Waals surface area (Å²) in [7, 11) is 0. The molecule has 1 aliphatic rings. The Hall–Kier alpha value is -1.19. The van der Waals surface area contributed by atoms with Crippen LogP contribution in [0.25, 0.3) is 0 Å². The van der Waals surface area contributed by atoms with Crippen molar-refractivity contribution in [3.05, 3.63) is 36.6 Å². The van der Waals surface area contributed by atoms with E-state index in [1.54, 1.807) is 0 Å². The molecule has 128 valence electrons. The van der Waals surface area contributed by atoms with E-state index in [9.17, 15) is 0 Å². The lowest BCUT2D eigenvalue weighted by Crippen LogP contribution is -2.46. The molecule has 0 radical (unpaired) electrons. The van der Waals surface area contributed by atoms with Gasteiger partial charge in [0.15, 0.2) is 0 Å². The molecule has 3 nitrogen and oxygen atoms in total. The summed E-state index contributed by atoms with van der Waals surface area (Å²) in [5.41, 5.74) is 3.67. The van der Waals surface area contributed by atoms with Gasteiger partial charge in [-0.1, -0.05) is 19.1 Å². The Morgan fingerprint density at radius 2 is 1.27 bits per heavy atom. The van der Waals surface area contributed by atoms with Gasteiger partial charge in [-0.05, 0) is 40.7 Å². The van der Waals surface area contributed by atoms with Crippen LogP contribution in [0.1, 0.15) is 42.0 Å². The Bertz CT molecular complexity index is 364. The Balaban J connectivity index is 0. The fourth-order valence-electron chi connectivity index (χ4n) is 2.13. The SMILES string of the molecule is C.C=C.CC(C)=CCN1CCN(C/C=C(/C)N=C(C)C)CC1. The zero-order chi connectivity index (χ0) is 16.3. The number of hydrogen-bond donors (Lipinski definition) is 0. The minimum Gasteiger partial charge on any atom is -0.297 e. The molecule has 0 saturated carbocycles. The van der Waals surface area contributed by atoms with Crippen molar-refractivity contribution >= 4 is 5.71 Å². The van der Waals surface area contributed by atoms with Gasteiger partial charge in [-0.3, -0.25) is 14.8 Å². The van der Waals surface area contributed by atoms with E-state index < -0.39 is 0 Å². The summed E-state index contributed by atoms with van der Waals surface area (Å²) in [6.07, 6.45) is 4.55.